The fraction of sp³-hybridized carbons (Fsp3) is 0.417. The summed E-state index contributed by atoms with van der Waals surface area (Å²) in [5.41, 5.74) is 1.68. The number of pyridine rings is 1. The average molecular weight is 295 g/mol. The molecule has 0 atom stereocenters. The molecule has 0 saturated carbocycles. The van der Waals surface area contributed by atoms with Crippen LogP contribution in [0.4, 0.5) is 0 Å². The van der Waals surface area contributed by atoms with E-state index in [1.807, 2.05) is 19.1 Å². The summed E-state index contributed by atoms with van der Waals surface area (Å²) in [7, 11) is -0.184. The molecule has 0 spiro atoms. The highest BCUT2D eigenvalue weighted by Crippen LogP contribution is 2.06. The molecule has 0 aromatic carbocycles. The van der Waals surface area contributed by atoms with Crippen LogP contribution in [-0.4, -0.2) is 52.5 Å². The number of rotatable bonds is 5. The number of aryl methyl sites for hydroxylation is 2. The Kier molecular flexibility index (Phi) is 4.15. The standard InChI is InChI=1S/C12H17N5O2S/c1-10-4-5-12(13-8-10)17-9-11(14-15-17)6-7-20(18,19)16(2)3/h4-5,8-9H,6-7H2,1-3H3. The van der Waals surface area contributed by atoms with E-state index in [-0.39, 0.29) is 5.75 Å². The number of hydrogen-bond donors (Lipinski definition) is 0. The molecule has 20 heavy (non-hydrogen) atoms. The second-order valence-corrected chi connectivity index (χ2v) is 7.00. The molecular weight excluding hydrogens is 278 g/mol. The summed E-state index contributed by atoms with van der Waals surface area (Å²) in [5.74, 6) is 0.671. The summed E-state index contributed by atoms with van der Waals surface area (Å²) in [5, 5.41) is 7.92. The molecule has 0 radical (unpaired) electrons. The molecule has 8 heteroatoms. The van der Waals surface area contributed by atoms with Gasteiger partial charge in [0.1, 0.15) is 0 Å². The fourth-order valence-electron chi connectivity index (χ4n) is 1.54. The van der Waals surface area contributed by atoms with E-state index in [0.717, 1.165) is 5.56 Å². The zero-order valence-corrected chi connectivity index (χ0v) is 12.5. The number of nitrogens with zero attached hydrogens (tertiary/aromatic N) is 5. The number of sulfonamides is 1. The van der Waals surface area contributed by atoms with Crippen molar-refractivity contribution >= 4 is 10.0 Å². The minimum atomic E-state index is -3.22. The summed E-state index contributed by atoms with van der Waals surface area (Å²) in [6, 6.07) is 3.77. The molecule has 0 bridgehead atoms. The maximum absolute atomic E-state index is 11.7. The van der Waals surface area contributed by atoms with Gasteiger partial charge < -0.3 is 0 Å². The Hall–Kier alpha value is -1.80. The van der Waals surface area contributed by atoms with Crippen LogP contribution in [0.5, 0.6) is 0 Å². The fourth-order valence-corrected chi connectivity index (χ4v) is 2.37. The quantitative estimate of drug-likeness (QED) is 0.798. The van der Waals surface area contributed by atoms with Crippen molar-refractivity contribution < 1.29 is 8.42 Å². The predicted molar refractivity (Wildman–Crippen MR) is 75.1 cm³/mol. The lowest BCUT2D eigenvalue weighted by Gasteiger charge is -2.09. The zero-order valence-electron chi connectivity index (χ0n) is 11.7. The zero-order chi connectivity index (χ0) is 14.8. The third-order valence-electron chi connectivity index (χ3n) is 2.84. The third kappa shape index (κ3) is 3.40. The van der Waals surface area contributed by atoms with Crippen molar-refractivity contribution in [2.75, 3.05) is 19.8 Å². The van der Waals surface area contributed by atoms with E-state index < -0.39 is 10.0 Å². The van der Waals surface area contributed by atoms with Crippen molar-refractivity contribution in [3.05, 3.63) is 35.8 Å². The minimum Gasteiger partial charge on any atom is -0.237 e. The first-order valence-corrected chi connectivity index (χ1v) is 7.74. The maximum Gasteiger partial charge on any atom is 0.213 e. The van der Waals surface area contributed by atoms with Crippen LogP contribution in [0.2, 0.25) is 0 Å². The van der Waals surface area contributed by atoms with E-state index in [0.29, 0.717) is 17.9 Å². The lowest BCUT2D eigenvalue weighted by atomic mass is 10.3. The van der Waals surface area contributed by atoms with E-state index in [4.69, 9.17) is 0 Å². The minimum absolute atomic E-state index is 0.0139. The molecule has 0 amide bonds. The van der Waals surface area contributed by atoms with Crippen molar-refractivity contribution in [2.45, 2.75) is 13.3 Å². The van der Waals surface area contributed by atoms with Crippen LogP contribution < -0.4 is 0 Å². The van der Waals surface area contributed by atoms with E-state index in [1.54, 1.807) is 12.4 Å². The molecular formula is C12H17N5O2S. The van der Waals surface area contributed by atoms with E-state index in [9.17, 15) is 8.42 Å². The van der Waals surface area contributed by atoms with Gasteiger partial charge in [-0.2, -0.15) is 0 Å². The Balaban J connectivity index is 2.08. The molecule has 2 heterocycles. The van der Waals surface area contributed by atoms with Crippen LogP contribution in [0.3, 0.4) is 0 Å². The molecule has 0 saturated heterocycles. The van der Waals surface area contributed by atoms with E-state index >= 15 is 0 Å². The molecule has 0 N–H and O–H groups in total. The molecule has 0 aliphatic rings. The highest BCUT2D eigenvalue weighted by Gasteiger charge is 2.14. The van der Waals surface area contributed by atoms with Crippen molar-refractivity contribution in [1.82, 2.24) is 24.3 Å². The summed E-state index contributed by atoms with van der Waals surface area (Å²) >= 11 is 0. The van der Waals surface area contributed by atoms with Gasteiger partial charge in [0.25, 0.3) is 0 Å². The van der Waals surface area contributed by atoms with Gasteiger partial charge in [-0.25, -0.2) is 22.4 Å². The summed E-state index contributed by atoms with van der Waals surface area (Å²) in [4.78, 5) is 4.23. The van der Waals surface area contributed by atoms with Gasteiger partial charge in [0, 0.05) is 26.7 Å². The monoisotopic (exact) mass is 295 g/mol. The molecule has 0 unspecified atom stereocenters. The Morgan fingerprint density at radius 2 is 2.05 bits per heavy atom. The highest BCUT2D eigenvalue weighted by molar-refractivity contribution is 7.89. The van der Waals surface area contributed by atoms with E-state index in [1.165, 1.54) is 23.1 Å². The van der Waals surface area contributed by atoms with Crippen molar-refractivity contribution in [1.29, 1.82) is 0 Å². The molecule has 7 nitrogen and oxygen atoms in total. The second-order valence-electron chi connectivity index (χ2n) is 4.70. The third-order valence-corrected chi connectivity index (χ3v) is 4.68. The molecule has 0 aliphatic carbocycles. The lowest BCUT2D eigenvalue weighted by Crippen LogP contribution is -2.26. The molecule has 2 aromatic heterocycles. The van der Waals surface area contributed by atoms with E-state index in [2.05, 4.69) is 15.3 Å². The van der Waals surface area contributed by atoms with Gasteiger partial charge in [-0.3, -0.25) is 0 Å². The van der Waals surface area contributed by atoms with Crippen molar-refractivity contribution in [3.63, 3.8) is 0 Å². The van der Waals surface area contributed by atoms with Gasteiger partial charge in [0.15, 0.2) is 5.82 Å². The summed E-state index contributed by atoms with van der Waals surface area (Å²) in [6.45, 7) is 1.95. The maximum atomic E-state index is 11.7. The predicted octanol–water partition coefficient (Wildman–Crippen LogP) is 0.405. The van der Waals surface area contributed by atoms with Crippen LogP contribution in [0.1, 0.15) is 11.3 Å². The van der Waals surface area contributed by atoms with Gasteiger partial charge in [0.05, 0.1) is 17.6 Å². The van der Waals surface area contributed by atoms with Gasteiger partial charge in [0.2, 0.25) is 10.0 Å². The molecule has 2 rings (SSSR count). The highest BCUT2D eigenvalue weighted by atomic mass is 32.2. The molecule has 2 aromatic rings. The van der Waals surface area contributed by atoms with Gasteiger partial charge >= 0.3 is 0 Å². The summed E-state index contributed by atoms with van der Waals surface area (Å²) < 4.78 is 26.1. The summed E-state index contributed by atoms with van der Waals surface area (Å²) in [6.07, 6.45) is 3.77. The molecule has 0 aliphatic heterocycles. The molecule has 108 valence electrons. The normalized spacial score (nSPS) is 12.0. The van der Waals surface area contributed by atoms with Crippen LogP contribution in [0.15, 0.2) is 24.5 Å². The SMILES string of the molecule is Cc1ccc(-n2cc(CCS(=O)(=O)N(C)C)nn2)nc1. The van der Waals surface area contributed by atoms with Crippen LogP contribution >= 0.6 is 0 Å². The van der Waals surface area contributed by atoms with Crippen LogP contribution in [0.25, 0.3) is 5.82 Å². The lowest BCUT2D eigenvalue weighted by molar-refractivity contribution is 0.520. The average Bonchev–Trinajstić information content (AvgIpc) is 2.86. The first-order valence-electron chi connectivity index (χ1n) is 6.13. The Morgan fingerprint density at radius 3 is 2.65 bits per heavy atom. The number of aromatic nitrogens is 4. The van der Waals surface area contributed by atoms with Crippen molar-refractivity contribution in [3.8, 4) is 5.82 Å². The van der Waals surface area contributed by atoms with Gasteiger partial charge in [-0.05, 0) is 18.6 Å². The first kappa shape index (κ1) is 14.6. The van der Waals surface area contributed by atoms with Gasteiger partial charge in [-0.15, -0.1) is 5.10 Å². The second kappa shape index (κ2) is 5.68. The topological polar surface area (TPSA) is 81.0 Å². The Bertz CT molecular complexity index is 676. The Labute approximate surface area is 118 Å². The Morgan fingerprint density at radius 1 is 1.30 bits per heavy atom. The first-order chi connectivity index (χ1) is 9.38. The number of hydrogen-bond acceptors (Lipinski definition) is 5. The van der Waals surface area contributed by atoms with Crippen LogP contribution in [0, 0.1) is 6.92 Å². The van der Waals surface area contributed by atoms with Crippen molar-refractivity contribution in [2.24, 2.45) is 0 Å². The largest absolute Gasteiger partial charge is 0.237 e. The van der Waals surface area contributed by atoms with Gasteiger partial charge in [-0.1, -0.05) is 11.3 Å². The molecule has 0 fully saturated rings. The smallest absolute Gasteiger partial charge is 0.213 e. The van der Waals surface area contributed by atoms with Crippen LogP contribution in [-0.2, 0) is 16.4 Å².